The number of nitrogens with zero attached hydrogens (tertiary/aromatic N) is 2. The van der Waals surface area contributed by atoms with Crippen molar-refractivity contribution in [3.8, 4) is 5.75 Å². The van der Waals surface area contributed by atoms with Crippen LogP contribution in [0.25, 0.3) is 0 Å². The van der Waals surface area contributed by atoms with E-state index >= 15 is 0 Å². The van der Waals surface area contributed by atoms with E-state index in [0.717, 1.165) is 12.2 Å². The minimum absolute atomic E-state index is 0.211. The summed E-state index contributed by atoms with van der Waals surface area (Å²) in [6, 6.07) is 12.2. The molecule has 0 saturated heterocycles. The minimum Gasteiger partial charge on any atom is -0.495 e. The Labute approximate surface area is 202 Å². The number of methoxy groups -OCH3 is 1. The Morgan fingerprint density at radius 2 is 1.88 bits per heavy atom. The van der Waals surface area contributed by atoms with Crippen LogP contribution in [0.1, 0.15) is 0 Å². The molecule has 11 heteroatoms. The second-order valence-electron chi connectivity index (χ2n) is 7.41. The number of allylic oxidation sites excluding steroid dienone is 1. The van der Waals surface area contributed by atoms with Crippen molar-refractivity contribution in [1.82, 2.24) is 9.97 Å². The SMILES string of the molecule is COc1ccc(NC(=O)/C=C\C=O)cc1Nc1ncc(Cl)c(Nc2ccccc2P(C)(C)=O)n1. The third-order valence-electron chi connectivity index (χ3n) is 4.52. The van der Waals surface area contributed by atoms with Crippen LogP contribution in [0.2, 0.25) is 5.02 Å². The third-order valence-corrected chi connectivity index (χ3v) is 6.35. The van der Waals surface area contributed by atoms with Crippen molar-refractivity contribution in [2.24, 2.45) is 0 Å². The molecular formula is C23H23ClN5O4P. The van der Waals surface area contributed by atoms with Crippen molar-refractivity contribution >= 4 is 65.1 Å². The van der Waals surface area contributed by atoms with Gasteiger partial charge in [-0.1, -0.05) is 23.7 Å². The summed E-state index contributed by atoms with van der Waals surface area (Å²) in [7, 11) is -1.04. The highest BCUT2D eigenvalue weighted by atomic mass is 35.5. The molecule has 0 bridgehead atoms. The van der Waals surface area contributed by atoms with Crippen LogP contribution in [0.3, 0.4) is 0 Å². The lowest BCUT2D eigenvalue weighted by atomic mass is 10.2. The highest BCUT2D eigenvalue weighted by Gasteiger charge is 2.17. The molecule has 0 aliphatic carbocycles. The van der Waals surface area contributed by atoms with Gasteiger partial charge in [-0.05, 0) is 49.7 Å². The first-order valence-electron chi connectivity index (χ1n) is 10.0. The van der Waals surface area contributed by atoms with Crippen molar-refractivity contribution in [3.05, 3.63) is 65.8 Å². The average molecular weight is 500 g/mol. The molecule has 0 aliphatic rings. The topological polar surface area (TPSA) is 122 Å². The fourth-order valence-corrected chi connectivity index (χ4v) is 4.30. The zero-order valence-electron chi connectivity index (χ0n) is 18.7. The molecular weight excluding hydrogens is 477 g/mol. The van der Waals surface area contributed by atoms with Gasteiger partial charge in [-0.15, -0.1) is 0 Å². The van der Waals surface area contributed by atoms with Gasteiger partial charge in [0.2, 0.25) is 11.9 Å². The number of nitrogens with one attached hydrogen (secondary N) is 3. The minimum atomic E-state index is -2.55. The second kappa shape index (κ2) is 11.0. The van der Waals surface area contributed by atoms with Gasteiger partial charge in [0.1, 0.15) is 24.2 Å². The molecule has 3 rings (SSSR count). The average Bonchev–Trinajstić information content (AvgIpc) is 2.80. The molecule has 3 N–H and O–H groups in total. The van der Waals surface area contributed by atoms with Gasteiger partial charge in [-0.2, -0.15) is 4.98 Å². The fourth-order valence-electron chi connectivity index (χ4n) is 3.01. The number of anilines is 5. The van der Waals surface area contributed by atoms with Crippen molar-refractivity contribution in [2.45, 2.75) is 0 Å². The van der Waals surface area contributed by atoms with E-state index in [9.17, 15) is 14.2 Å². The van der Waals surface area contributed by atoms with Gasteiger partial charge in [0.05, 0.1) is 24.7 Å². The number of benzene rings is 2. The number of ether oxygens (including phenoxy) is 1. The number of rotatable bonds is 9. The summed E-state index contributed by atoms with van der Waals surface area (Å²) in [6.45, 7) is 3.38. The molecule has 0 unspecified atom stereocenters. The molecule has 0 atom stereocenters. The summed E-state index contributed by atoms with van der Waals surface area (Å²) in [5.41, 5.74) is 1.58. The van der Waals surface area contributed by atoms with Crippen molar-refractivity contribution in [2.75, 3.05) is 36.4 Å². The smallest absolute Gasteiger partial charge is 0.248 e. The van der Waals surface area contributed by atoms with E-state index in [0.29, 0.717) is 40.2 Å². The molecule has 1 heterocycles. The standard InChI is InChI=1S/C23H23ClN5O4P/c1-33-19-11-10-15(26-21(31)9-6-12-30)13-18(19)28-23-25-14-16(24)22(29-23)27-17-7-4-5-8-20(17)34(2,3)32/h4-14H,1-3H3,(H,26,31)(H2,25,27,28,29)/b9-6-. The lowest BCUT2D eigenvalue weighted by Gasteiger charge is -2.16. The number of carbonyl (C=O) groups is 2. The molecule has 0 spiro atoms. The van der Waals surface area contributed by atoms with E-state index in [2.05, 4.69) is 25.9 Å². The van der Waals surface area contributed by atoms with E-state index in [1.165, 1.54) is 13.3 Å². The highest BCUT2D eigenvalue weighted by Crippen LogP contribution is 2.39. The summed E-state index contributed by atoms with van der Waals surface area (Å²) in [4.78, 5) is 30.9. The number of para-hydroxylation sites is 1. The summed E-state index contributed by atoms with van der Waals surface area (Å²) in [5.74, 6) is 0.559. The lowest BCUT2D eigenvalue weighted by Crippen LogP contribution is -2.11. The predicted molar refractivity (Wildman–Crippen MR) is 136 cm³/mol. The van der Waals surface area contributed by atoms with Crippen molar-refractivity contribution < 1.29 is 18.9 Å². The zero-order chi connectivity index (χ0) is 24.7. The van der Waals surface area contributed by atoms with Crippen LogP contribution < -0.4 is 26.0 Å². The van der Waals surface area contributed by atoms with Crippen LogP contribution >= 0.6 is 18.7 Å². The van der Waals surface area contributed by atoms with Gasteiger partial charge in [-0.3, -0.25) is 9.59 Å². The first kappa shape index (κ1) is 25.0. The molecule has 176 valence electrons. The molecule has 9 nitrogen and oxygen atoms in total. The Kier molecular flexibility index (Phi) is 8.04. The van der Waals surface area contributed by atoms with Crippen molar-refractivity contribution in [1.29, 1.82) is 0 Å². The Morgan fingerprint density at radius 1 is 1.12 bits per heavy atom. The maximum absolute atomic E-state index is 12.7. The van der Waals surface area contributed by atoms with Crippen LogP contribution in [-0.4, -0.2) is 42.6 Å². The Hall–Kier alpha value is -3.68. The largest absolute Gasteiger partial charge is 0.495 e. The first-order chi connectivity index (χ1) is 16.2. The lowest BCUT2D eigenvalue weighted by molar-refractivity contribution is -0.112. The molecule has 0 fully saturated rings. The fraction of sp³-hybridized carbons (Fsp3) is 0.130. The van der Waals surface area contributed by atoms with E-state index in [1.54, 1.807) is 43.7 Å². The Morgan fingerprint density at radius 3 is 2.59 bits per heavy atom. The number of amides is 1. The van der Waals surface area contributed by atoms with Gasteiger partial charge in [-0.25, -0.2) is 4.98 Å². The van der Waals surface area contributed by atoms with Crippen LogP contribution in [0.5, 0.6) is 5.75 Å². The summed E-state index contributed by atoms with van der Waals surface area (Å²) in [5, 5.41) is 9.79. The summed E-state index contributed by atoms with van der Waals surface area (Å²) in [6.07, 6.45) is 4.17. The van der Waals surface area contributed by atoms with Crippen LogP contribution in [0.15, 0.2) is 60.8 Å². The Balaban J connectivity index is 1.89. The number of hydrogen-bond acceptors (Lipinski definition) is 8. The first-order valence-corrected chi connectivity index (χ1v) is 13.0. The predicted octanol–water partition coefficient (Wildman–Crippen LogP) is 4.57. The number of aromatic nitrogens is 2. The summed E-state index contributed by atoms with van der Waals surface area (Å²) < 4.78 is 18.1. The molecule has 2 aromatic carbocycles. The maximum Gasteiger partial charge on any atom is 0.248 e. The van der Waals surface area contributed by atoms with E-state index in [-0.39, 0.29) is 11.0 Å². The number of aldehydes is 1. The zero-order valence-corrected chi connectivity index (χ0v) is 20.4. The van der Waals surface area contributed by atoms with Crippen molar-refractivity contribution in [3.63, 3.8) is 0 Å². The van der Waals surface area contributed by atoms with Gasteiger partial charge >= 0.3 is 0 Å². The van der Waals surface area contributed by atoms with E-state index in [1.807, 2.05) is 12.1 Å². The quantitative estimate of drug-likeness (QED) is 0.222. The van der Waals surface area contributed by atoms with Gasteiger partial charge in [0, 0.05) is 17.1 Å². The highest BCUT2D eigenvalue weighted by molar-refractivity contribution is 7.70. The third kappa shape index (κ3) is 6.43. The molecule has 1 amide bonds. The molecule has 0 radical (unpaired) electrons. The number of carbonyl (C=O) groups excluding carboxylic acids is 2. The maximum atomic E-state index is 12.7. The van der Waals surface area contributed by atoms with E-state index in [4.69, 9.17) is 16.3 Å². The van der Waals surface area contributed by atoms with E-state index < -0.39 is 13.0 Å². The second-order valence-corrected chi connectivity index (χ2v) is 11.0. The summed E-state index contributed by atoms with van der Waals surface area (Å²) >= 11 is 6.31. The normalized spacial score (nSPS) is 11.2. The van der Waals surface area contributed by atoms with Gasteiger partial charge in [0.25, 0.3) is 0 Å². The van der Waals surface area contributed by atoms with Crippen LogP contribution in [0.4, 0.5) is 28.8 Å². The molecule has 1 aromatic heterocycles. The molecule has 0 saturated carbocycles. The monoisotopic (exact) mass is 499 g/mol. The number of hydrogen-bond donors (Lipinski definition) is 3. The van der Waals surface area contributed by atoms with Gasteiger partial charge in [0.15, 0.2) is 5.82 Å². The van der Waals surface area contributed by atoms with Gasteiger partial charge < -0.3 is 25.3 Å². The molecule has 34 heavy (non-hydrogen) atoms. The molecule has 0 aliphatic heterocycles. The number of halogens is 1. The van der Waals surface area contributed by atoms with Crippen LogP contribution in [0, 0.1) is 0 Å². The Bertz CT molecular complexity index is 1290. The van der Waals surface area contributed by atoms with Crippen LogP contribution in [-0.2, 0) is 14.2 Å². The molecule has 3 aromatic rings.